The van der Waals surface area contributed by atoms with Gasteiger partial charge in [0.15, 0.2) is 0 Å². The highest BCUT2D eigenvalue weighted by atomic mass is 31.2. The van der Waals surface area contributed by atoms with Crippen LogP contribution in [0.5, 0.6) is 5.75 Å². The van der Waals surface area contributed by atoms with Gasteiger partial charge >= 0.3 is 7.82 Å². The molecule has 0 spiro atoms. The minimum absolute atomic E-state index is 0.450. The summed E-state index contributed by atoms with van der Waals surface area (Å²) in [5.41, 5.74) is 1.19. The summed E-state index contributed by atoms with van der Waals surface area (Å²) < 4.78 is 26.2. The van der Waals surface area contributed by atoms with Crippen molar-refractivity contribution in [2.75, 3.05) is 14.2 Å². The quantitative estimate of drug-likeness (QED) is 0.742. The summed E-state index contributed by atoms with van der Waals surface area (Å²) in [5.74, 6) is 0.919. The second-order valence-electron chi connectivity index (χ2n) is 3.63. The van der Waals surface area contributed by atoms with Gasteiger partial charge in [0.2, 0.25) is 0 Å². The molecule has 0 saturated carbocycles. The third kappa shape index (κ3) is 3.34. The molecule has 0 aliphatic heterocycles. The van der Waals surface area contributed by atoms with Gasteiger partial charge in [-0.05, 0) is 23.6 Å². The minimum atomic E-state index is -3.44. The molecule has 0 unspecified atom stereocenters. The molecule has 0 atom stereocenters. The SMILES string of the molecule is COP(=O)(OC)Oc1ccc(C(C)C)cc1. The van der Waals surface area contributed by atoms with E-state index in [0.29, 0.717) is 11.7 Å². The molecule has 16 heavy (non-hydrogen) atoms. The molecule has 0 N–H and O–H groups in total. The van der Waals surface area contributed by atoms with Gasteiger partial charge in [-0.15, -0.1) is 0 Å². The number of rotatable bonds is 5. The van der Waals surface area contributed by atoms with E-state index in [9.17, 15) is 4.57 Å². The Balaban J connectivity index is 2.79. The lowest BCUT2D eigenvalue weighted by atomic mass is 10.0. The van der Waals surface area contributed by atoms with Gasteiger partial charge < -0.3 is 4.52 Å². The van der Waals surface area contributed by atoms with E-state index in [1.54, 1.807) is 12.1 Å². The lowest BCUT2D eigenvalue weighted by Crippen LogP contribution is -1.97. The van der Waals surface area contributed by atoms with Crippen molar-refractivity contribution < 1.29 is 18.1 Å². The highest BCUT2D eigenvalue weighted by molar-refractivity contribution is 7.48. The molecule has 4 nitrogen and oxygen atoms in total. The second kappa shape index (κ2) is 5.48. The van der Waals surface area contributed by atoms with E-state index in [2.05, 4.69) is 22.9 Å². The largest absolute Gasteiger partial charge is 0.529 e. The summed E-state index contributed by atoms with van der Waals surface area (Å²) in [6, 6.07) is 7.35. The summed E-state index contributed by atoms with van der Waals surface area (Å²) >= 11 is 0. The summed E-state index contributed by atoms with van der Waals surface area (Å²) in [7, 11) is -0.873. The van der Waals surface area contributed by atoms with Crippen molar-refractivity contribution in [3.05, 3.63) is 29.8 Å². The van der Waals surface area contributed by atoms with Crippen LogP contribution in [0.1, 0.15) is 25.3 Å². The normalized spacial score (nSPS) is 11.8. The van der Waals surface area contributed by atoms with Crippen LogP contribution in [0.4, 0.5) is 0 Å². The predicted molar refractivity (Wildman–Crippen MR) is 62.8 cm³/mol. The number of hydrogen-bond donors (Lipinski definition) is 0. The molecule has 0 radical (unpaired) electrons. The standard InChI is InChI=1S/C11H17O4P/c1-9(2)10-5-7-11(8-6-10)15-16(12,13-3)14-4/h5-9H,1-4H3. The monoisotopic (exact) mass is 244 g/mol. The van der Waals surface area contributed by atoms with E-state index in [1.165, 1.54) is 19.8 Å². The smallest absolute Gasteiger partial charge is 0.404 e. The van der Waals surface area contributed by atoms with Crippen LogP contribution in [0.2, 0.25) is 0 Å². The fourth-order valence-electron chi connectivity index (χ4n) is 1.19. The van der Waals surface area contributed by atoms with Gasteiger partial charge in [-0.25, -0.2) is 4.57 Å². The molecule has 0 bridgehead atoms. The van der Waals surface area contributed by atoms with Crippen LogP contribution in [0.15, 0.2) is 24.3 Å². The molecule has 90 valence electrons. The fraction of sp³-hybridized carbons (Fsp3) is 0.455. The highest BCUT2D eigenvalue weighted by Gasteiger charge is 2.24. The van der Waals surface area contributed by atoms with Crippen molar-refractivity contribution in [2.45, 2.75) is 19.8 Å². The lowest BCUT2D eigenvalue weighted by molar-refractivity contribution is 0.211. The van der Waals surface area contributed by atoms with Gasteiger partial charge in [0.25, 0.3) is 0 Å². The maximum Gasteiger partial charge on any atom is 0.529 e. The average Bonchev–Trinajstić information content (AvgIpc) is 2.29. The molecule has 1 rings (SSSR count). The van der Waals surface area contributed by atoms with Crippen LogP contribution in [0, 0.1) is 0 Å². The molecule has 5 heteroatoms. The molecule has 0 aliphatic rings. The zero-order chi connectivity index (χ0) is 12.2. The third-order valence-corrected chi connectivity index (χ3v) is 3.54. The Morgan fingerprint density at radius 2 is 1.56 bits per heavy atom. The van der Waals surface area contributed by atoms with Gasteiger partial charge in [0.05, 0.1) is 0 Å². The van der Waals surface area contributed by atoms with Crippen LogP contribution in [-0.2, 0) is 13.6 Å². The predicted octanol–water partition coefficient (Wildman–Crippen LogP) is 3.59. The number of phosphoric acid groups is 1. The second-order valence-corrected chi connectivity index (χ2v) is 5.43. The zero-order valence-electron chi connectivity index (χ0n) is 9.97. The Kier molecular flexibility index (Phi) is 4.54. The first-order valence-corrected chi connectivity index (χ1v) is 6.48. The highest BCUT2D eigenvalue weighted by Crippen LogP contribution is 2.47. The van der Waals surface area contributed by atoms with Gasteiger partial charge in [0, 0.05) is 14.2 Å². The Labute approximate surface area is 96.1 Å². The number of phosphoric ester groups is 1. The van der Waals surface area contributed by atoms with Crippen LogP contribution < -0.4 is 4.52 Å². The van der Waals surface area contributed by atoms with Crippen molar-refractivity contribution in [1.29, 1.82) is 0 Å². The maximum absolute atomic E-state index is 11.7. The first-order valence-electron chi connectivity index (χ1n) is 5.02. The first kappa shape index (κ1) is 13.2. The van der Waals surface area contributed by atoms with Crippen LogP contribution in [0.25, 0.3) is 0 Å². The van der Waals surface area contributed by atoms with Crippen LogP contribution in [-0.4, -0.2) is 14.2 Å². The molecule has 0 saturated heterocycles. The van der Waals surface area contributed by atoms with Crippen molar-refractivity contribution in [3.63, 3.8) is 0 Å². The van der Waals surface area contributed by atoms with E-state index < -0.39 is 7.82 Å². The molecule has 1 aromatic rings. The van der Waals surface area contributed by atoms with E-state index in [1.807, 2.05) is 12.1 Å². The van der Waals surface area contributed by atoms with Crippen LogP contribution >= 0.6 is 7.82 Å². The van der Waals surface area contributed by atoms with E-state index >= 15 is 0 Å². The molecule has 0 fully saturated rings. The molecular weight excluding hydrogens is 227 g/mol. The van der Waals surface area contributed by atoms with Crippen molar-refractivity contribution >= 4 is 7.82 Å². The Morgan fingerprint density at radius 3 is 1.94 bits per heavy atom. The molecule has 0 aliphatic carbocycles. The van der Waals surface area contributed by atoms with E-state index in [4.69, 9.17) is 4.52 Å². The topological polar surface area (TPSA) is 44.8 Å². The number of benzene rings is 1. The fourth-order valence-corrected chi connectivity index (χ4v) is 1.87. The molecule has 1 aromatic carbocycles. The molecular formula is C11H17O4P. The Morgan fingerprint density at radius 1 is 1.06 bits per heavy atom. The van der Waals surface area contributed by atoms with Crippen molar-refractivity contribution in [1.82, 2.24) is 0 Å². The summed E-state index contributed by atoms with van der Waals surface area (Å²) in [6.07, 6.45) is 0. The summed E-state index contributed by atoms with van der Waals surface area (Å²) in [4.78, 5) is 0. The molecule has 0 aromatic heterocycles. The lowest BCUT2D eigenvalue weighted by Gasteiger charge is -2.14. The van der Waals surface area contributed by atoms with E-state index in [-0.39, 0.29) is 0 Å². The van der Waals surface area contributed by atoms with Gasteiger partial charge in [-0.3, -0.25) is 9.05 Å². The Bertz CT molecular complexity index is 364. The zero-order valence-corrected chi connectivity index (χ0v) is 10.9. The van der Waals surface area contributed by atoms with E-state index in [0.717, 1.165) is 0 Å². The summed E-state index contributed by atoms with van der Waals surface area (Å²) in [5, 5.41) is 0. The molecule has 0 amide bonds. The van der Waals surface area contributed by atoms with Crippen molar-refractivity contribution in [3.8, 4) is 5.75 Å². The third-order valence-electron chi connectivity index (χ3n) is 2.21. The molecule has 0 heterocycles. The van der Waals surface area contributed by atoms with Crippen molar-refractivity contribution in [2.24, 2.45) is 0 Å². The minimum Gasteiger partial charge on any atom is -0.404 e. The first-order chi connectivity index (χ1) is 7.50. The Hall–Kier alpha value is -0.830. The summed E-state index contributed by atoms with van der Waals surface area (Å²) in [6.45, 7) is 4.20. The van der Waals surface area contributed by atoms with Crippen LogP contribution in [0.3, 0.4) is 0 Å². The average molecular weight is 244 g/mol. The van der Waals surface area contributed by atoms with Gasteiger partial charge in [-0.2, -0.15) is 0 Å². The van der Waals surface area contributed by atoms with Gasteiger partial charge in [0.1, 0.15) is 5.75 Å². The number of hydrogen-bond acceptors (Lipinski definition) is 4. The van der Waals surface area contributed by atoms with Gasteiger partial charge in [-0.1, -0.05) is 26.0 Å². The maximum atomic E-state index is 11.7.